The van der Waals surface area contributed by atoms with E-state index in [4.69, 9.17) is 19.5 Å². The van der Waals surface area contributed by atoms with Gasteiger partial charge < -0.3 is 9.47 Å². The van der Waals surface area contributed by atoms with Gasteiger partial charge in [0, 0.05) is 0 Å². The zero-order valence-corrected chi connectivity index (χ0v) is 27.0. The van der Waals surface area contributed by atoms with E-state index in [1.807, 2.05) is 54.6 Å². The van der Waals surface area contributed by atoms with Crippen LogP contribution in [-0.2, 0) is 26.5 Å². The molecule has 0 spiro atoms. The maximum absolute atomic E-state index is 11.2. The number of hydrogen-bond acceptors (Lipinski definition) is 5. The Morgan fingerprint density at radius 1 is 0.488 bits per heavy atom. The van der Waals surface area contributed by atoms with Crippen molar-refractivity contribution in [1.29, 1.82) is 0 Å². The van der Waals surface area contributed by atoms with Gasteiger partial charge in [0.15, 0.2) is 0 Å². The van der Waals surface area contributed by atoms with Crippen LogP contribution in [0.1, 0.15) is 34.6 Å². The van der Waals surface area contributed by atoms with Gasteiger partial charge >= 0.3 is 89.8 Å². The zero-order valence-electron chi connectivity index (χ0n) is 21.0. The van der Waals surface area contributed by atoms with Gasteiger partial charge in [-0.1, -0.05) is 66.7 Å². The molecule has 243 valence electrons. The fraction of sp³-hybridized carbons (Fsp3) is 0.174. The molecule has 2 atom stereocenters. The molecule has 43 heavy (non-hydrogen) atoms. The second-order valence-electron chi connectivity index (χ2n) is 8.67. The zero-order chi connectivity index (χ0) is 31.6. The molecular weight excluding hydrogens is 885 g/mol. The minimum atomic E-state index is -11.2. The van der Waals surface area contributed by atoms with Gasteiger partial charge in [-0.3, -0.25) is 0 Å². The molecule has 0 unspecified atom stereocenters. The van der Waals surface area contributed by atoms with Crippen molar-refractivity contribution in [1.82, 2.24) is 4.98 Å². The third-order valence-electron chi connectivity index (χ3n) is 4.86. The quantitative estimate of drug-likeness (QED) is 0.196. The van der Waals surface area contributed by atoms with Gasteiger partial charge in [-0.05, 0) is 23.3 Å². The number of aliphatic imine (C=N–C) groups is 2. The predicted molar refractivity (Wildman–Crippen MR) is 132 cm³/mol. The van der Waals surface area contributed by atoms with Crippen LogP contribution in [0.25, 0.3) is 0 Å². The Bertz CT molecular complexity index is 1340. The van der Waals surface area contributed by atoms with E-state index in [1.54, 1.807) is 0 Å². The minimum Gasteiger partial charge on any atom is -0.474 e. The Hall–Kier alpha value is -2.15. The molecule has 0 fully saturated rings. The first-order chi connectivity index (χ1) is 18.8. The second kappa shape index (κ2) is 11.6. The van der Waals surface area contributed by atoms with Gasteiger partial charge in [0.05, 0.1) is 0 Å². The molecule has 2 aromatic carbocycles. The number of nitrogens with zero attached hydrogens (tertiary/aromatic N) is 3. The number of benzene rings is 2. The standard InChI is InChI=1S/C23H19N3O2.Cu.12FH.2Sb/c1-3-8-16(9-4-1)20-14-27-22(25-20)18-12-7-13-19(24-18)23-26-21(15-28-23)17-10-5-2-6-11-17;;;;;;;;;;;;;;;/h1-13,20-21H,14-15H2;;12*1H;;/q;+2;;;;;;;;;;;;;2*+5/p-12/t20-,21-;;;;;;;;;;;;;;;/m0.............../s1. The van der Waals surface area contributed by atoms with Crippen LogP contribution >= 0.6 is 0 Å². The molecule has 1 radical (unpaired) electrons. The smallest absolute Gasteiger partial charge is 0.236 e. The number of rotatable bonds is 4. The van der Waals surface area contributed by atoms with Crippen LogP contribution in [0.5, 0.6) is 0 Å². The number of hydrogen-bond donors (Lipinski definition) is 0. The Balaban J connectivity index is 0.000000362. The largest absolute Gasteiger partial charge is 0.474 e. The molecule has 0 N–H and O–H groups in total. The van der Waals surface area contributed by atoms with Crippen LogP contribution in [0.3, 0.4) is 0 Å². The molecule has 0 amide bonds. The monoisotopic (exact) mass is 902 g/mol. The first-order valence-corrected chi connectivity index (χ1v) is 23.0. The molecule has 3 heterocycles. The Morgan fingerprint density at radius 3 is 1.09 bits per heavy atom. The SMILES string of the molecule is [Cu+2].[F][Sb-]([F])([F])([F])([F])[F].[F][Sb-]([F])([F])([F])([F])[F].c1ccc([C@@H]2COC(c3cccc(C4=N[C@H](c5ccccc5)CO4)n3)=N2)cc1. The van der Waals surface area contributed by atoms with Gasteiger partial charge in [0.25, 0.3) is 0 Å². The van der Waals surface area contributed by atoms with Gasteiger partial charge in [0.2, 0.25) is 11.8 Å². The van der Waals surface area contributed by atoms with Gasteiger partial charge in [-0.2, -0.15) is 0 Å². The van der Waals surface area contributed by atoms with E-state index >= 15 is 0 Å². The van der Waals surface area contributed by atoms with Gasteiger partial charge in [-0.25, -0.2) is 15.0 Å². The molecule has 20 heteroatoms. The summed E-state index contributed by atoms with van der Waals surface area (Å²) >= 11 is -22.5. The van der Waals surface area contributed by atoms with E-state index in [0.29, 0.717) is 36.4 Å². The van der Waals surface area contributed by atoms with E-state index < -0.39 is 39.0 Å². The molecule has 0 bridgehead atoms. The van der Waals surface area contributed by atoms with Crippen LogP contribution in [0, 0.1) is 0 Å². The molecule has 3 aromatic rings. The van der Waals surface area contributed by atoms with Crippen molar-refractivity contribution in [3.63, 3.8) is 0 Å². The third kappa shape index (κ3) is 17.1. The number of aromatic nitrogens is 1. The maximum atomic E-state index is 9.93. The number of pyridine rings is 1. The van der Waals surface area contributed by atoms with Crippen LogP contribution in [-0.4, -0.2) is 68.9 Å². The van der Waals surface area contributed by atoms with Crippen LogP contribution < -0.4 is 0 Å². The van der Waals surface area contributed by atoms with Crippen molar-refractivity contribution in [2.75, 3.05) is 13.2 Å². The summed E-state index contributed by atoms with van der Waals surface area (Å²) in [5.41, 5.74) is 3.68. The summed E-state index contributed by atoms with van der Waals surface area (Å²) in [7, 11) is 0. The fourth-order valence-electron chi connectivity index (χ4n) is 3.39. The van der Waals surface area contributed by atoms with Crippen molar-refractivity contribution in [3.05, 3.63) is 101 Å². The van der Waals surface area contributed by atoms with Gasteiger partial charge in [0.1, 0.15) is 36.7 Å². The molecule has 5 rings (SSSR count). The van der Waals surface area contributed by atoms with E-state index in [-0.39, 0.29) is 29.2 Å². The molecule has 1 aromatic heterocycles. The molecule has 2 aliphatic rings. The summed E-state index contributed by atoms with van der Waals surface area (Å²) in [5.74, 6) is 1.13. The van der Waals surface area contributed by atoms with Crippen molar-refractivity contribution in [3.8, 4) is 0 Å². The Morgan fingerprint density at radius 2 is 0.791 bits per heavy atom. The summed E-state index contributed by atoms with van der Waals surface area (Å²) < 4.78 is 131. The number of halogens is 12. The molecule has 0 aliphatic carbocycles. The summed E-state index contributed by atoms with van der Waals surface area (Å²) in [6.07, 6.45) is 0. The second-order valence-corrected chi connectivity index (χ2v) is 19.6. The van der Waals surface area contributed by atoms with Crippen molar-refractivity contribution in [2.24, 2.45) is 9.98 Å². The summed E-state index contributed by atoms with van der Waals surface area (Å²) in [6.45, 7) is 1.05. The first kappa shape index (κ1) is 37.0. The minimum absolute atomic E-state index is 0. The maximum Gasteiger partial charge on any atom is 0.236 e. The average Bonchev–Trinajstić information content (AvgIpc) is 3.52. The summed E-state index contributed by atoms with van der Waals surface area (Å²) in [5, 5.41) is 0. The average molecular weight is 904 g/mol. The van der Waals surface area contributed by atoms with E-state index in [1.165, 1.54) is 0 Å². The Kier molecular flexibility index (Phi) is 10.0. The predicted octanol–water partition coefficient (Wildman–Crippen LogP) is 8.40. The van der Waals surface area contributed by atoms with Crippen molar-refractivity contribution in [2.45, 2.75) is 12.1 Å². The molecule has 0 saturated carbocycles. The van der Waals surface area contributed by atoms with E-state index in [2.05, 4.69) is 29.2 Å². The molecule has 5 nitrogen and oxygen atoms in total. The third-order valence-corrected chi connectivity index (χ3v) is 4.86. The molecule has 0 saturated heterocycles. The summed E-state index contributed by atoms with van der Waals surface area (Å²) in [6, 6.07) is 26.1. The van der Waals surface area contributed by atoms with Crippen molar-refractivity contribution >= 4 is 50.7 Å². The van der Waals surface area contributed by atoms with E-state index in [0.717, 1.165) is 11.1 Å². The Labute approximate surface area is 251 Å². The van der Waals surface area contributed by atoms with Crippen LogP contribution in [0.15, 0.2) is 88.8 Å². The fourth-order valence-corrected chi connectivity index (χ4v) is 3.39. The number of ether oxygens (including phenoxy) is 2. The van der Waals surface area contributed by atoms with Gasteiger partial charge in [-0.15, -0.1) is 0 Å². The van der Waals surface area contributed by atoms with Crippen LogP contribution in [0.2, 0.25) is 0 Å². The first-order valence-electron chi connectivity index (χ1n) is 11.4. The topological polar surface area (TPSA) is 56.1 Å². The normalized spacial score (nSPS) is 21.1. The molecular formula is C23H19CuF12N3O2Sb2. The summed E-state index contributed by atoms with van der Waals surface area (Å²) in [4.78, 5) is 14.1. The molecule has 2 aliphatic heterocycles. The van der Waals surface area contributed by atoms with Crippen molar-refractivity contribution < 1.29 is 60.3 Å². The van der Waals surface area contributed by atoms with Crippen LogP contribution in [0.4, 0.5) is 33.8 Å². The van der Waals surface area contributed by atoms with E-state index in [9.17, 15) is 33.8 Å².